The number of benzene rings is 1. The van der Waals surface area contributed by atoms with Crippen LogP contribution in [0.5, 0.6) is 5.75 Å². The van der Waals surface area contributed by atoms with Crippen LogP contribution in [0.2, 0.25) is 0 Å². The van der Waals surface area contributed by atoms with Crippen LogP contribution in [0.3, 0.4) is 0 Å². The predicted octanol–water partition coefficient (Wildman–Crippen LogP) is 4.61. The molecule has 0 spiro atoms. The van der Waals surface area contributed by atoms with Gasteiger partial charge in [0, 0.05) is 17.6 Å². The number of piperidine rings is 1. The minimum absolute atomic E-state index is 0.266. The molecule has 0 aromatic heterocycles. The highest BCUT2D eigenvalue weighted by Gasteiger charge is 2.27. The molecule has 1 aromatic carbocycles. The lowest BCUT2D eigenvalue weighted by Gasteiger charge is -2.33. The van der Waals surface area contributed by atoms with Crippen molar-refractivity contribution in [1.82, 2.24) is 4.90 Å². The highest BCUT2D eigenvalue weighted by molar-refractivity contribution is 9.10. The number of hydrogen-bond donors (Lipinski definition) is 0. The largest absolute Gasteiger partial charge is 0.490 e. The molecule has 23 heavy (non-hydrogen) atoms. The second-order valence-electron chi connectivity index (χ2n) is 6.80. The van der Waals surface area contributed by atoms with Crippen LogP contribution in [0.15, 0.2) is 22.7 Å². The van der Waals surface area contributed by atoms with Gasteiger partial charge in [-0.3, -0.25) is 0 Å². The van der Waals surface area contributed by atoms with Gasteiger partial charge in [-0.15, -0.1) is 0 Å². The summed E-state index contributed by atoms with van der Waals surface area (Å²) in [4.78, 5) is 13.7. The Hall–Kier alpha value is -1.30. The van der Waals surface area contributed by atoms with E-state index in [9.17, 15) is 9.18 Å². The quantitative estimate of drug-likeness (QED) is 0.759. The lowest BCUT2D eigenvalue weighted by atomic mass is 9.98. The SMILES string of the molecule is CC(C)(C)OC(=O)N1CCC(COc2ccc(Br)cc2F)CC1. The van der Waals surface area contributed by atoms with Crippen LogP contribution in [-0.2, 0) is 4.74 Å². The Labute approximate surface area is 145 Å². The van der Waals surface area contributed by atoms with Crippen LogP contribution in [0.4, 0.5) is 9.18 Å². The Balaban J connectivity index is 1.77. The van der Waals surface area contributed by atoms with E-state index < -0.39 is 5.60 Å². The Morgan fingerprint density at radius 2 is 2.00 bits per heavy atom. The van der Waals surface area contributed by atoms with E-state index in [-0.39, 0.29) is 17.7 Å². The van der Waals surface area contributed by atoms with Gasteiger partial charge in [-0.2, -0.15) is 0 Å². The fourth-order valence-electron chi connectivity index (χ4n) is 2.41. The van der Waals surface area contributed by atoms with Gasteiger partial charge in [0.05, 0.1) is 6.61 Å². The number of halogens is 2. The first-order valence-corrected chi connectivity index (χ1v) is 8.59. The summed E-state index contributed by atoms with van der Waals surface area (Å²) in [6.07, 6.45) is 1.39. The normalized spacial score (nSPS) is 16.3. The summed E-state index contributed by atoms with van der Waals surface area (Å²) >= 11 is 3.22. The Morgan fingerprint density at radius 1 is 1.35 bits per heavy atom. The average Bonchev–Trinajstić information content (AvgIpc) is 2.45. The number of rotatable bonds is 3. The van der Waals surface area contributed by atoms with E-state index in [4.69, 9.17) is 9.47 Å². The minimum Gasteiger partial charge on any atom is -0.490 e. The molecule has 1 aliphatic rings. The molecule has 1 aromatic rings. The van der Waals surface area contributed by atoms with Gasteiger partial charge in [-0.25, -0.2) is 9.18 Å². The van der Waals surface area contributed by atoms with Crippen molar-refractivity contribution in [2.24, 2.45) is 5.92 Å². The van der Waals surface area contributed by atoms with Crippen molar-refractivity contribution in [1.29, 1.82) is 0 Å². The third kappa shape index (κ3) is 5.68. The zero-order chi connectivity index (χ0) is 17.0. The fraction of sp³-hybridized carbons (Fsp3) is 0.588. The van der Waals surface area contributed by atoms with E-state index in [1.807, 2.05) is 20.8 Å². The summed E-state index contributed by atoms with van der Waals surface area (Å²) in [7, 11) is 0. The van der Waals surface area contributed by atoms with Crippen LogP contribution in [-0.4, -0.2) is 36.3 Å². The van der Waals surface area contributed by atoms with Crippen molar-refractivity contribution < 1.29 is 18.7 Å². The maximum absolute atomic E-state index is 13.7. The van der Waals surface area contributed by atoms with Crippen molar-refractivity contribution in [3.63, 3.8) is 0 Å². The number of carbonyl (C=O) groups is 1. The monoisotopic (exact) mass is 387 g/mol. The maximum Gasteiger partial charge on any atom is 0.410 e. The molecule has 0 bridgehead atoms. The zero-order valence-corrected chi connectivity index (χ0v) is 15.4. The maximum atomic E-state index is 13.7. The molecule has 128 valence electrons. The number of amides is 1. The topological polar surface area (TPSA) is 38.8 Å². The van der Waals surface area contributed by atoms with Gasteiger partial charge >= 0.3 is 6.09 Å². The first-order valence-electron chi connectivity index (χ1n) is 7.80. The fourth-order valence-corrected chi connectivity index (χ4v) is 2.74. The molecule has 1 heterocycles. The molecule has 4 nitrogen and oxygen atoms in total. The van der Waals surface area contributed by atoms with Gasteiger partial charge in [-0.1, -0.05) is 15.9 Å². The molecule has 0 N–H and O–H groups in total. The first kappa shape index (κ1) is 18.0. The molecule has 1 fully saturated rings. The number of hydrogen-bond acceptors (Lipinski definition) is 3. The highest BCUT2D eigenvalue weighted by Crippen LogP contribution is 2.24. The molecule has 2 rings (SSSR count). The number of carbonyl (C=O) groups excluding carboxylic acids is 1. The second kappa shape index (κ2) is 7.51. The standard InChI is InChI=1S/C17H23BrFNO3/c1-17(2,3)23-16(21)20-8-6-12(7-9-20)11-22-15-5-4-13(18)10-14(15)19/h4-5,10,12H,6-9,11H2,1-3H3. The third-order valence-electron chi connectivity index (χ3n) is 3.63. The van der Waals surface area contributed by atoms with Gasteiger partial charge in [0.1, 0.15) is 5.60 Å². The zero-order valence-electron chi connectivity index (χ0n) is 13.8. The van der Waals surface area contributed by atoms with Crippen LogP contribution in [0.1, 0.15) is 33.6 Å². The first-order chi connectivity index (χ1) is 10.7. The van der Waals surface area contributed by atoms with Gasteiger partial charge in [0.2, 0.25) is 0 Å². The van der Waals surface area contributed by atoms with Crippen molar-refractivity contribution in [3.05, 3.63) is 28.5 Å². The second-order valence-corrected chi connectivity index (χ2v) is 7.71. The summed E-state index contributed by atoms with van der Waals surface area (Å²) in [5, 5.41) is 0. The van der Waals surface area contributed by atoms with Crippen LogP contribution in [0, 0.1) is 11.7 Å². The van der Waals surface area contributed by atoms with E-state index in [0.717, 1.165) is 12.8 Å². The summed E-state index contributed by atoms with van der Waals surface area (Å²) < 4.78 is 25.3. The molecule has 1 aliphatic heterocycles. The molecule has 0 unspecified atom stereocenters. The summed E-state index contributed by atoms with van der Waals surface area (Å²) in [6, 6.07) is 4.76. The minimum atomic E-state index is -0.476. The average molecular weight is 388 g/mol. The summed E-state index contributed by atoms with van der Waals surface area (Å²) in [5.41, 5.74) is -0.476. The summed E-state index contributed by atoms with van der Waals surface area (Å²) in [5.74, 6) is 0.213. The van der Waals surface area contributed by atoms with Crippen molar-refractivity contribution >= 4 is 22.0 Å². The van der Waals surface area contributed by atoms with Gasteiger partial charge in [-0.05, 0) is 57.7 Å². The van der Waals surface area contributed by atoms with Gasteiger partial charge < -0.3 is 14.4 Å². The third-order valence-corrected chi connectivity index (χ3v) is 4.13. The lowest BCUT2D eigenvalue weighted by Crippen LogP contribution is -2.42. The molecule has 0 radical (unpaired) electrons. The van der Waals surface area contributed by atoms with Crippen LogP contribution in [0.25, 0.3) is 0 Å². The van der Waals surface area contributed by atoms with E-state index in [2.05, 4.69) is 15.9 Å². The molecule has 0 aliphatic carbocycles. The summed E-state index contributed by atoms with van der Waals surface area (Å²) in [6.45, 7) is 7.33. The van der Waals surface area contributed by atoms with E-state index in [0.29, 0.717) is 30.1 Å². The van der Waals surface area contributed by atoms with E-state index >= 15 is 0 Å². The molecular formula is C17H23BrFNO3. The Morgan fingerprint density at radius 3 is 2.57 bits per heavy atom. The molecular weight excluding hydrogens is 365 g/mol. The number of likely N-dealkylation sites (tertiary alicyclic amines) is 1. The Kier molecular flexibility index (Phi) is 5.89. The lowest BCUT2D eigenvalue weighted by molar-refractivity contribution is 0.0164. The van der Waals surface area contributed by atoms with Gasteiger partial charge in [0.25, 0.3) is 0 Å². The van der Waals surface area contributed by atoms with Crippen LogP contribution >= 0.6 is 15.9 Å². The van der Waals surface area contributed by atoms with Gasteiger partial charge in [0.15, 0.2) is 11.6 Å². The van der Waals surface area contributed by atoms with Crippen LogP contribution < -0.4 is 4.74 Å². The molecule has 1 saturated heterocycles. The number of nitrogens with zero attached hydrogens (tertiary/aromatic N) is 1. The van der Waals surface area contributed by atoms with E-state index in [1.165, 1.54) is 6.07 Å². The van der Waals surface area contributed by atoms with Crippen molar-refractivity contribution in [2.75, 3.05) is 19.7 Å². The highest BCUT2D eigenvalue weighted by atomic mass is 79.9. The van der Waals surface area contributed by atoms with E-state index in [1.54, 1.807) is 17.0 Å². The predicted molar refractivity (Wildman–Crippen MR) is 90.1 cm³/mol. The Bertz CT molecular complexity index is 551. The van der Waals surface area contributed by atoms with Crippen molar-refractivity contribution in [3.8, 4) is 5.75 Å². The molecule has 6 heteroatoms. The molecule has 0 atom stereocenters. The molecule has 0 saturated carbocycles. The van der Waals surface area contributed by atoms with Crippen molar-refractivity contribution in [2.45, 2.75) is 39.2 Å². The molecule has 1 amide bonds. The number of ether oxygens (including phenoxy) is 2. The smallest absolute Gasteiger partial charge is 0.410 e.